The van der Waals surface area contributed by atoms with Gasteiger partial charge < -0.3 is 14.8 Å². The number of ether oxygens (including phenoxy) is 2. The lowest BCUT2D eigenvalue weighted by atomic mass is 9.87. The van der Waals surface area contributed by atoms with Gasteiger partial charge in [0.2, 0.25) is 0 Å². The van der Waals surface area contributed by atoms with Crippen molar-refractivity contribution < 1.29 is 9.47 Å². The number of methoxy groups -OCH3 is 1. The van der Waals surface area contributed by atoms with Crippen LogP contribution in [0.3, 0.4) is 0 Å². The first-order valence-corrected chi connectivity index (χ1v) is 7.78. The first-order chi connectivity index (χ1) is 9.76. The predicted molar refractivity (Wildman–Crippen MR) is 82.6 cm³/mol. The monoisotopic (exact) mass is 297 g/mol. The van der Waals surface area contributed by atoms with Crippen molar-refractivity contribution in [3.05, 3.63) is 28.8 Å². The third-order valence-electron chi connectivity index (χ3n) is 3.89. The Kier molecular flexibility index (Phi) is 6.14. The summed E-state index contributed by atoms with van der Waals surface area (Å²) in [7, 11) is 1.66. The van der Waals surface area contributed by atoms with Crippen LogP contribution in [0.2, 0.25) is 5.02 Å². The van der Waals surface area contributed by atoms with Crippen molar-refractivity contribution >= 4 is 11.6 Å². The molecular weight excluding hydrogens is 274 g/mol. The van der Waals surface area contributed by atoms with E-state index in [-0.39, 0.29) is 0 Å². The Morgan fingerprint density at radius 2 is 2.15 bits per heavy atom. The van der Waals surface area contributed by atoms with Crippen LogP contribution in [-0.2, 0) is 4.74 Å². The Bertz CT molecular complexity index is 419. The molecule has 0 saturated carbocycles. The molecule has 0 aromatic heterocycles. The SMILES string of the molecule is CCCNC(c1ccc(Cl)c(OC)c1)C1CCOCC1. The van der Waals surface area contributed by atoms with Gasteiger partial charge in [0.1, 0.15) is 5.75 Å². The zero-order valence-corrected chi connectivity index (χ0v) is 13.1. The van der Waals surface area contributed by atoms with E-state index in [4.69, 9.17) is 21.1 Å². The molecule has 1 N–H and O–H groups in total. The summed E-state index contributed by atoms with van der Waals surface area (Å²) < 4.78 is 10.8. The summed E-state index contributed by atoms with van der Waals surface area (Å²) >= 11 is 6.13. The third kappa shape index (κ3) is 3.87. The molecule has 1 saturated heterocycles. The lowest BCUT2D eigenvalue weighted by Gasteiger charge is -2.31. The third-order valence-corrected chi connectivity index (χ3v) is 4.20. The molecule has 0 radical (unpaired) electrons. The minimum absolute atomic E-state index is 0.352. The van der Waals surface area contributed by atoms with Crippen molar-refractivity contribution in [3.8, 4) is 5.75 Å². The molecule has 1 aromatic rings. The molecule has 20 heavy (non-hydrogen) atoms. The van der Waals surface area contributed by atoms with Gasteiger partial charge in [0.25, 0.3) is 0 Å². The molecule has 0 amide bonds. The maximum Gasteiger partial charge on any atom is 0.137 e. The van der Waals surface area contributed by atoms with Crippen LogP contribution in [-0.4, -0.2) is 26.9 Å². The van der Waals surface area contributed by atoms with E-state index in [0.717, 1.165) is 44.8 Å². The van der Waals surface area contributed by atoms with Gasteiger partial charge in [-0.15, -0.1) is 0 Å². The molecule has 0 spiro atoms. The van der Waals surface area contributed by atoms with Crippen LogP contribution in [0.5, 0.6) is 5.75 Å². The van der Waals surface area contributed by atoms with Crippen molar-refractivity contribution in [1.82, 2.24) is 5.32 Å². The normalized spacial score (nSPS) is 17.9. The van der Waals surface area contributed by atoms with Gasteiger partial charge in [-0.2, -0.15) is 0 Å². The zero-order valence-electron chi connectivity index (χ0n) is 12.3. The fraction of sp³-hybridized carbons (Fsp3) is 0.625. The first kappa shape index (κ1) is 15.6. The summed E-state index contributed by atoms with van der Waals surface area (Å²) in [4.78, 5) is 0. The van der Waals surface area contributed by atoms with Crippen LogP contribution in [0.4, 0.5) is 0 Å². The summed E-state index contributed by atoms with van der Waals surface area (Å²) in [6.07, 6.45) is 3.34. The fourth-order valence-corrected chi connectivity index (χ4v) is 2.97. The van der Waals surface area contributed by atoms with Crippen LogP contribution >= 0.6 is 11.6 Å². The molecule has 1 fully saturated rings. The molecule has 1 aromatic carbocycles. The van der Waals surface area contributed by atoms with Gasteiger partial charge >= 0.3 is 0 Å². The van der Waals surface area contributed by atoms with Gasteiger partial charge in [-0.3, -0.25) is 0 Å². The average molecular weight is 298 g/mol. The summed E-state index contributed by atoms with van der Waals surface area (Å²) in [5, 5.41) is 4.34. The summed E-state index contributed by atoms with van der Waals surface area (Å²) in [6, 6.07) is 6.44. The largest absolute Gasteiger partial charge is 0.495 e. The molecule has 1 heterocycles. The van der Waals surface area contributed by atoms with E-state index < -0.39 is 0 Å². The molecule has 2 rings (SSSR count). The van der Waals surface area contributed by atoms with E-state index in [1.807, 2.05) is 6.07 Å². The molecule has 1 aliphatic heterocycles. The Morgan fingerprint density at radius 3 is 2.80 bits per heavy atom. The second-order valence-electron chi connectivity index (χ2n) is 5.28. The quantitative estimate of drug-likeness (QED) is 0.866. The second kappa shape index (κ2) is 7.87. The van der Waals surface area contributed by atoms with E-state index in [1.54, 1.807) is 7.11 Å². The second-order valence-corrected chi connectivity index (χ2v) is 5.68. The van der Waals surface area contributed by atoms with Gasteiger partial charge in [0.05, 0.1) is 12.1 Å². The molecule has 112 valence electrons. The highest BCUT2D eigenvalue weighted by molar-refractivity contribution is 6.32. The van der Waals surface area contributed by atoms with Crippen molar-refractivity contribution in [2.75, 3.05) is 26.9 Å². The molecular formula is C16H24ClNO2. The van der Waals surface area contributed by atoms with E-state index in [9.17, 15) is 0 Å². The number of halogens is 1. The van der Waals surface area contributed by atoms with Gasteiger partial charge in [-0.05, 0) is 49.4 Å². The van der Waals surface area contributed by atoms with Crippen molar-refractivity contribution in [2.24, 2.45) is 5.92 Å². The van der Waals surface area contributed by atoms with Gasteiger partial charge in [0, 0.05) is 19.3 Å². The Balaban J connectivity index is 2.20. The molecule has 1 atom stereocenters. The highest BCUT2D eigenvalue weighted by Gasteiger charge is 2.25. The maximum atomic E-state index is 6.13. The molecule has 1 aliphatic rings. The number of hydrogen-bond acceptors (Lipinski definition) is 3. The smallest absolute Gasteiger partial charge is 0.137 e. The van der Waals surface area contributed by atoms with Gasteiger partial charge in [0.15, 0.2) is 0 Å². The molecule has 3 nitrogen and oxygen atoms in total. The van der Waals surface area contributed by atoms with Crippen LogP contribution in [0.1, 0.15) is 37.8 Å². The van der Waals surface area contributed by atoms with Crippen molar-refractivity contribution in [2.45, 2.75) is 32.2 Å². The zero-order chi connectivity index (χ0) is 14.4. The number of rotatable bonds is 6. The Morgan fingerprint density at radius 1 is 1.40 bits per heavy atom. The molecule has 0 bridgehead atoms. The Labute approximate surface area is 126 Å². The van der Waals surface area contributed by atoms with Crippen LogP contribution in [0.15, 0.2) is 18.2 Å². The van der Waals surface area contributed by atoms with E-state index in [0.29, 0.717) is 17.0 Å². The standard InChI is InChI=1S/C16H24ClNO2/c1-3-8-18-16(12-6-9-20-10-7-12)13-4-5-14(17)15(11-13)19-2/h4-5,11-12,16,18H,3,6-10H2,1-2H3. The van der Waals surface area contributed by atoms with Crippen LogP contribution in [0, 0.1) is 5.92 Å². The van der Waals surface area contributed by atoms with Gasteiger partial charge in [-0.25, -0.2) is 0 Å². The summed E-state index contributed by atoms with van der Waals surface area (Å²) in [6.45, 7) is 4.93. The lowest BCUT2D eigenvalue weighted by Crippen LogP contribution is -2.32. The van der Waals surface area contributed by atoms with Crippen molar-refractivity contribution in [1.29, 1.82) is 0 Å². The highest BCUT2D eigenvalue weighted by atomic mass is 35.5. The number of hydrogen-bond donors (Lipinski definition) is 1. The van der Waals surface area contributed by atoms with Crippen LogP contribution < -0.4 is 10.1 Å². The number of nitrogens with one attached hydrogen (secondary N) is 1. The summed E-state index contributed by atoms with van der Waals surface area (Å²) in [5.41, 5.74) is 1.26. The summed E-state index contributed by atoms with van der Waals surface area (Å²) in [5.74, 6) is 1.36. The van der Waals surface area contributed by atoms with E-state index in [2.05, 4.69) is 24.4 Å². The molecule has 4 heteroatoms. The fourth-order valence-electron chi connectivity index (χ4n) is 2.78. The topological polar surface area (TPSA) is 30.5 Å². The van der Waals surface area contributed by atoms with Crippen LogP contribution in [0.25, 0.3) is 0 Å². The minimum Gasteiger partial charge on any atom is -0.495 e. The van der Waals surface area contributed by atoms with Gasteiger partial charge in [-0.1, -0.05) is 24.6 Å². The van der Waals surface area contributed by atoms with E-state index in [1.165, 1.54) is 5.56 Å². The maximum absolute atomic E-state index is 6.13. The molecule has 1 unspecified atom stereocenters. The average Bonchev–Trinajstić information content (AvgIpc) is 2.50. The molecule has 0 aliphatic carbocycles. The number of benzene rings is 1. The van der Waals surface area contributed by atoms with E-state index >= 15 is 0 Å². The first-order valence-electron chi connectivity index (χ1n) is 7.40. The minimum atomic E-state index is 0.352. The Hall–Kier alpha value is -0.770. The highest BCUT2D eigenvalue weighted by Crippen LogP contribution is 2.34. The predicted octanol–water partition coefficient (Wildman–Crippen LogP) is 3.82. The lowest BCUT2D eigenvalue weighted by molar-refractivity contribution is 0.0536. The van der Waals surface area contributed by atoms with Crippen molar-refractivity contribution in [3.63, 3.8) is 0 Å².